The Balaban J connectivity index is 3.42. The molecule has 0 spiro atoms. The van der Waals surface area contributed by atoms with Crippen LogP contribution < -0.4 is 0 Å². The van der Waals surface area contributed by atoms with Crippen molar-refractivity contribution >= 4 is 0 Å². The van der Waals surface area contributed by atoms with Crippen molar-refractivity contribution in [2.45, 2.75) is 25.2 Å². The van der Waals surface area contributed by atoms with Gasteiger partial charge in [-0.3, -0.25) is 0 Å². The number of benzene rings is 1. The molecule has 0 saturated carbocycles. The standard InChI is InChI=1S/C12H9F7/c1-2-3-4-7-5-8(11(14,15)16)9(6-10(7)13)12(17,18)19/h2,5-6H,1,3-4H2. The maximum absolute atomic E-state index is 13.4. The minimum atomic E-state index is -5.26. The third-order valence-corrected chi connectivity index (χ3v) is 2.42. The fourth-order valence-corrected chi connectivity index (χ4v) is 1.54. The first-order chi connectivity index (χ1) is 8.57. The molecule has 106 valence electrons. The Kier molecular flexibility index (Phi) is 4.27. The van der Waals surface area contributed by atoms with Gasteiger partial charge in [-0.25, -0.2) is 4.39 Å². The molecule has 0 amide bonds. The number of hydrogen-bond acceptors (Lipinski definition) is 0. The molecule has 0 N–H and O–H groups in total. The molecule has 0 saturated heterocycles. The van der Waals surface area contributed by atoms with Gasteiger partial charge >= 0.3 is 12.4 Å². The summed E-state index contributed by atoms with van der Waals surface area (Å²) in [5, 5.41) is 0. The van der Waals surface area contributed by atoms with E-state index in [1.807, 2.05) is 0 Å². The van der Waals surface area contributed by atoms with Gasteiger partial charge in [0.25, 0.3) is 0 Å². The third kappa shape index (κ3) is 3.71. The Morgan fingerprint density at radius 1 is 0.947 bits per heavy atom. The van der Waals surface area contributed by atoms with Crippen LogP contribution in [0.1, 0.15) is 23.1 Å². The van der Waals surface area contributed by atoms with Crippen LogP contribution in [0.15, 0.2) is 24.8 Å². The molecule has 1 aromatic carbocycles. The van der Waals surface area contributed by atoms with Crippen LogP contribution in [0.4, 0.5) is 30.7 Å². The van der Waals surface area contributed by atoms with Crippen molar-refractivity contribution in [3.05, 3.63) is 47.3 Å². The summed E-state index contributed by atoms with van der Waals surface area (Å²) in [4.78, 5) is 0. The summed E-state index contributed by atoms with van der Waals surface area (Å²) in [5.41, 5.74) is -4.31. The average Bonchev–Trinajstić information content (AvgIpc) is 2.24. The topological polar surface area (TPSA) is 0 Å². The predicted octanol–water partition coefficient (Wildman–Crippen LogP) is 4.98. The first-order valence-corrected chi connectivity index (χ1v) is 5.15. The molecule has 0 unspecified atom stereocenters. The van der Waals surface area contributed by atoms with Gasteiger partial charge in [-0.2, -0.15) is 26.3 Å². The molecule has 7 heteroatoms. The molecule has 0 nitrogen and oxygen atoms in total. The highest BCUT2D eigenvalue weighted by Crippen LogP contribution is 2.41. The smallest absolute Gasteiger partial charge is 0.207 e. The van der Waals surface area contributed by atoms with E-state index in [2.05, 4.69) is 6.58 Å². The average molecular weight is 286 g/mol. The highest BCUT2D eigenvalue weighted by molar-refractivity contribution is 5.37. The zero-order valence-corrected chi connectivity index (χ0v) is 9.50. The molecular formula is C12H9F7. The summed E-state index contributed by atoms with van der Waals surface area (Å²) in [6.45, 7) is 3.31. The van der Waals surface area contributed by atoms with E-state index >= 15 is 0 Å². The number of halogens is 7. The first-order valence-electron chi connectivity index (χ1n) is 5.15. The van der Waals surface area contributed by atoms with Crippen molar-refractivity contribution in [3.63, 3.8) is 0 Å². The van der Waals surface area contributed by atoms with Crippen LogP contribution in [-0.2, 0) is 18.8 Å². The Labute approximate surface area is 104 Å². The van der Waals surface area contributed by atoms with E-state index in [1.54, 1.807) is 0 Å². The lowest BCUT2D eigenvalue weighted by Gasteiger charge is -2.17. The van der Waals surface area contributed by atoms with Crippen LogP contribution in [-0.4, -0.2) is 0 Å². The largest absolute Gasteiger partial charge is 0.417 e. The highest BCUT2D eigenvalue weighted by Gasteiger charge is 2.43. The monoisotopic (exact) mass is 286 g/mol. The molecule has 19 heavy (non-hydrogen) atoms. The summed E-state index contributed by atoms with van der Waals surface area (Å²) in [6.07, 6.45) is -9.09. The first kappa shape index (κ1) is 15.5. The molecule has 0 fully saturated rings. The van der Waals surface area contributed by atoms with E-state index in [0.29, 0.717) is 0 Å². The van der Waals surface area contributed by atoms with Crippen LogP contribution in [0.2, 0.25) is 0 Å². The Morgan fingerprint density at radius 3 is 1.84 bits per heavy atom. The quantitative estimate of drug-likeness (QED) is 0.543. The molecular weight excluding hydrogens is 277 g/mol. The molecule has 0 aliphatic heterocycles. The van der Waals surface area contributed by atoms with Gasteiger partial charge in [0.2, 0.25) is 0 Å². The summed E-state index contributed by atoms with van der Waals surface area (Å²) in [5.74, 6) is -1.30. The van der Waals surface area contributed by atoms with Crippen LogP contribution in [0.3, 0.4) is 0 Å². The normalized spacial score (nSPS) is 12.6. The zero-order valence-electron chi connectivity index (χ0n) is 9.50. The van der Waals surface area contributed by atoms with Crippen molar-refractivity contribution < 1.29 is 30.7 Å². The van der Waals surface area contributed by atoms with Crippen molar-refractivity contribution in [1.29, 1.82) is 0 Å². The number of aryl methyl sites for hydroxylation is 1. The number of rotatable bonds is 3. The second-order valence-corrected chi connectivity index (χ2v) is 3.81. The van der Waals surface area contributed by atoms with E-state index in [4.69, 9.17) is 0 Å². The molecule has 0 atom stereocenters. The Bertz CT molecular complexity index is 468. The minimum absolute atomic E-state index is 0.110. The van der Waals surface area contributed by atoms with E-state index < -0.39 is 34.9 Å². The summed E-state index contributed by atoms with van der Waals surface area (Å²) < 4.78 is 88.5. The van der Waals surface area contributed by atoms with Gasteiger partial charge in [0.1, 0.15) is 5.82 Å². The van der Waals surface area contributed by atoms with Crippen LogP contribution in [0.25, 0.3) is 0 Å². The highest BCUT2D eigenvalue weighted by atomic mass is 19.4. The van der Waals surface area contributed by atoms with Crippen molar-refractivity contribution in [1.82, 2.24) is 0 Å². The zero-order chi connectivity index (χ0) is 14.8. The van der Waals surface area contributed by atoms with Crippen molar-refractivity contribution in [3.8, 4) is 0 Å². The minimum Gasteiger partial charge on any atom is -0.207 e. The maximum atomic E-state index is 13.4. The second kappa shape index (κ2) is 5.22. The van der Waals surface area contributed by atoms with Gasteiger partial charge in [0.15, 0.2) is 0 Å². The SMILES string of the molecule is C=CCCc1cc(C(F)(F)F)c(C(F)(F)F)cc1F. The third-order valence-electron chi connectivity index (χ3n) is 2.42. The van der Waals surface area contributed by atoms with Gasteiger partial charge in [-0.15, -0.1) is 6.58 Å². The van der Waals surface area contributed by atoms with Crippen LogP contribution in [0, 0.1) is 5.82 Å². The summed E-state index contributed by atoms with van der Waals surface area (Å²) in [7, 11) is 0. The second-order valence-electron chi connectivity index (χ2n) is 3.81. The fourth-order valence-electron chi connectivity index (χ4n) is 1.54. The molecule has 1 rings (SSSR count). The van der Waals surface area contributed by atoms with E-state index in [1.165, 1.54) is 6.08 Å². The van der Waals surface area contributed by atoms with Gasteiger partial charge in [0, 0.05) is 0 Å². The lowest BCUT2D eigenvalue weighted by atomic mass is 9.99. The molecule has 0 aliphatic carbocycles. The molecule has 0 radical (unpaired) electrons. The van der Waals surface area contributed by atoms with E-state index in [0.717, 1.165) is 0 Å². The molecule has 0 bridgehead atoms. The van der Waals surface area contributed by atoms with Gasteiger partial charge < -0.3 is 0 Å². The summed E-state index contributed by atoms with van der Waals surface area (Å²) >= 11 is 0. The summed E-state index contributed by atoms with van der Waals surface area (Å²) in [6, 6.07) is 0.100. The van der Waals surface area contributed by atoms with Crippen molar-refractivity contribution in [2.24, 2.45) is 0 Å². The van der Waals surface area contributed by atoms with Crippen molar-refractivity contribution in [2.75, 3.05) is 0 Å². The number of alkyl halides is 6. The van der Waals surface area contributed by atoms with Gasteiger partial charge in [-0.1, -0.05) is 6.08 Å². The van der Waals surface area contributed by atoms with E-state index in [-0.39, 0.29) is 25.0 Å². The number of hydrogen-bond donors (Lipinski definition) is 0. The lowest BCUT2D eigenvalue weighted by Crippen LogP contribution is -2.18. The van der Waals surface area contributed by atoms with Crippen LogP contribution in [0.5, 0.6) is 0 Å². The maximum Gasteiger partial charge on any atom is 0.417 e. The van der Waals surface area contributed by atoms with Gasteiger partial charge in [-0.05, 0) is 30.5 Å². The Hall–Kier alpha value is -1.53. The molecule has 0 aromatic heterocycles. The van der Waals surface area contributed by atoms with E-state index in [9.17, 15) is 30.7 Å². The van der Waals surface area contributed by atoms with Gasteiger partial charge in [0.05, 0.1) is 11.1 Å². The molecule has 0 heterocycles. The number of allylic oxidation sites excluding steroid dienone is 1. The predicted molar refractivity (Wildman–Crippen MR) is 54.9 cm³/mol. The molecule has 1 aromatic rings. The fraction of sp³-hybridized carbons (Fsp3) is 0.333. The molecule has 0 aliphatic rings. The Morgan fingerprint density at radius 2 is 1.42 bits per heavy atom. The van der Waals surface area contributed by atoms with Crippen LogP contribution >= 0.6 is 0 Å². The lowest BCUT2D eigenvalue weighted by molar-refractivity contribution is -0.162.